The van der Waals surface area contributed by atoms with E-state index in [1.54, 1.807) is 0 Å². The van der Waals surface area contributed by atoms with Gasteiger partial charge in [-0.05, 0) is 24.0 Å². The number of carboxylic acid groups (broad SMARTS) is 4. The quantitative estimate of drug-likeness (QED) is 0.240. The summed E-state index contributed by atoms with van der Waals surface area (Å²) in [6.45, 7) is 13.0. The van der Waals surface area contributed by atoms with Gasteiger partial charge >= 0.3 is 12.3 Å². The van der Waals surface area contributed by atoms with Crippen molar-refractivity contribution in [3.8, 4) is 23.0 Å². The van der Waals surface area contributed by atoms with Gasteiger partial charge in [0.2, 0.25) is 5.89 Å². The van der Waals surface area contributed by atoms with Gasteiger partial charge in [-0.3, -0.25) is 0 Å². The highest BCUT2D eigenvalue weighted by atomic mass is 79.9. The SMILES string of the molecule is Br.CC(C)C.CC(C)C.Nc1nccnc1-c1nnc(-c2ccccc2)o1.O=C(O)O.O=C(O)O. The molecule has 13 heteroatoms. The van der Waals surface area contributed by atoms with Crippen molar-refractivity contribution in [2.45, 2.75) is 41.5 Å². The second kappa shape index (κ2) is 20.8. The van der Waals surface area contributed by atoms with Crippen LogP contribution in [0.2, 0.25) is 0 Å². The fourth-order valence-corrected chi connectivity index (χ4v) is 1.53. The summed E-state index contributed by atoms with van der Waals surface area (Å²) in [5.74, 6) is 2.62. The van der Waals surface area contributed by atoms with Crippen LogP contribution >= 0.6 is 17.0 Å². The molecule has 0 bridgehead atoms. The van der Waals surface area contributed by atoms with Crippen molar-refractivity contribution >= 4 is 35.1 Å². The number of nitrogens with zero attached hydrogens (tertiary/aromatic N) is 4. The Morgan fingerprint density at radius 3 is 1.54 bits per heavy atom. The third-order valence-electron chi connectivity index (χ3n) is 2.37. The first kappa shape index (κ1) is 35.8. The summed E-state index contributed by atoms with van der Waals surface area (Å²) in [4.78, 5) is 25.1. The lowest BCUT2D eigenvalue weighted by Crippen LogP contribution is -1.95. The van der Waals surface area contributed by atoms with Crippen LogP contribution in [0.1, 0.15) is 41.5 Å². The van der Waals surface area contributed by atoms with Crippen LogP contribution in [0.15, 0.2) is 47.1 Å². The highest BCUT2D eigenvalue weighted by Gasteiger charge is 2.14. The van der Waals surface area contributed by atoms with Crippen molar-refractivity contribution < 1.29 is 34.4 Å². The Morgan fingerprint density at radius 1 is 0.771 bits per heavy atom. The van der Waals surface area contributed by atoms with Crippen LogP contribution in [0.3, 0.4) is 0 Å². The van der Waals surface area contributed by atoms with E-state index in [4.69, 9.17) is 40.2 Å². The second-order valence-electron chi connectivity index (χ2n) is 7.60. The van der Waals surface area contributed by atoms with Crippen LogP contribution in [0, 0.1) is 11.8 Å². The predicted molar refractivity (Wildman–Crippen MR) is 138 cm³/mol. The number of halogens is 1. The topological polar surface area (TPSA) is 206 Å². The van der Waals surface area contributed by atoms with E-state index < -0.39 is 12.3 Å². The number of hydrogen-bond acceptors (Lipinski definition) is 8. The number of aromatic nitrogens is 4. The Balaban J connectivity index is -0.000000500. The molecule has 12 nitrogen and oxygen atoms in total. The van der Waals surface area contributed by atoms with E-state index in [0.29, 0.717) is 11.6 Å². The molecule has 35 heavy (non-hydrogen) atoms. The Labute approximate surface area is 214 Å². The lowest BCUT2D eigenvalue weighted by atomic mass is 10.2. The molecule has 0 aliphatic carbocycles. The molecule has 0 unspecified atom stereocenters. The van der Waals surface area contributed by atoms with Crippen molar-refractivity contribution in [1.29, 1.82) is 0 Å². The zero-order chi connectivity index (χ0) is 26.7. The Hall–Kier alpha value is -3.74. The van der Waals surface area contributed by atoms with Crippen LogP contribution in [-0.2, 0) is 0 Å². The third kappa shape index (κ3) is 23.2. The van der Waals surface area contributed by atoms with Gasteiger partial charge in [0.25, 0.3) is 5.89 Å². The number of rotatable bonds is 2. The molecule has 0 saturated carbocycles. The van der Waals surface area contributed by atoms with E-state index >= 15 is 0 Å². The molecule has 0 atom stereocenters. The number of nitrogens with two attached hydrogens (primary N) is 1. The zero-order valence-electron chi connectivity index (χ0n) is 20.5. The van der Waals surface area contributed by atoms with E-state index in [1.807, 2.05) is 30.3 Å². The van der Waals surface area contributed by atoms with Gasteiger partial charge < -0.3 is 30.6 Å². The van der Waals surface area contributed by atoms with Gasteiger partial charge in [-0.15, -0.1) is 27.2 Å². The van der Waals surface area contributed by atoms with Crippen LogP contribution in [0.25, 0.3) is 23.0 Å². The van der Waals surface area contributed by atoms with Crippen LogP contribution in [0.4, 0.5) is 15.4 Å². The van der Waals surface area contributed by atoms with Crippen molar-refractivity contribution in [1.82, 2.24) is 20.2 Å². The van der Waals surface area contributed by atoms with Crippen LogP contribution in [0.5, 0.6) is 0 Å². The summed E-state index contributed by atoms with van der Waals surface area (Å²) < 4.78 is 5.53. The highest BCUT2D eigenvalue weighted by molar-refractivity contribution is 8.93. The molecule has 0 amide bonds. The number of anilines is 1. The molecule has 196 valence electrons. The molecule has 0 spiro atoms. The van der Waals surface area contributed by atoms with E-state index in [0.717, 1.165) is 17.4 Å². The molecule has 0 aliphatic rings. The van der Waals surface area contributed by atoms with E-state index in [-0.39, 0.29) is 28.7 Å². The minimum absolute atomic E-state index is 0. The smallest absolute Gasteiger partial charge is 0.450 e. The van der Waals surface area contributed by atoms with Gasteiger partial charge in [-0.1, -0.05) is 59.7 Å². The Bertz CT molecular complexity index is 923. The number of benzene rings is 1. The lowest BCUT2D eigenvalue weighted by Gasteiger charge is -1.96. The molecular formula is C22H34BrN5O7. The maximum absolute atomic E-state index is 8.56. The minimum atomic E-state index is -1.83. The summed E-state index contributed by atoms with van der Waals surface area (Å²) in [6, 6.07) is 9.49. The van der Waals surface area contributed by atoms with Gasteiger partial charge in [0.1, 0.15) is 0 Å². The second-order valence-corrected chi connectivity index (χ2v) is 7.60. The van der Waals surface area contributed by atoms with Gasteiger partial charge in [-0.2, -0.15) is 0 Å². The maximum atomic E-state index is 8.56. The molecular weight excluding hydrogens is 526 g/mol. The molecule has 3 aromatic rings. The van der Waals surface area contributed by atoms with Gasteiger partial charge in [0.15, 0.2) is 11.5 Å². The molecule has 6 N–H and O–H groups in total. The summed E-state index contributed by atoms with van der Waals surface area (Å²) in [7, 11) is 0. The van der Waals surface area contributed by atoms with Crippen LogP contribution < -0.4 is 5.73 Å². The monoisotopic (exact) mass is 559 g/mol. The zero-order valence-corrected chi connectivity index (χ0v) is 22.2. The molecule has 0 fully saturated rings. The molecule has 0 saturated heterocycles. The number of nitrogen functional groups attached to an aromatic ring is 1. The number of hydrogen-bond donors (Lipinski definition) is 5. The van der Waals surface area contributed by atoms with Gasteiger partial charge in [0, 0.05) is 18.0 Å². The molecule has 1 aromatic carbocycles. The maximum Gasteiger partial charge on any atom is 0.503 e. The molecule has 0 radical (unpaired) electrons. The standard InChI is InChI=1S/C12H9N5O.2C4H10.2CH2O3.BrH/c13-10-9(14-6-7-15-10)12-17-16-11(18-12)8-4-2-1-3-5-8;2*1-4(2)3;2*2-1(3)4;/h1-7H,(H2,13,15);2*4H,1-3H3;2*(H2,2,3,4);1H. The third-order valence-corrected chi connectivity index (χ3v) is 2.37. The largest absolute Gasteiger partial charge is 0.503 e. The van der Waals surface area contributed by atoms with Crippen LogP contribution in [-0.4, -0.2) is 52.9 Å². The first-order chi connectivity index (χ1) is 15.8. The number of carbonyl (C=O) groups is 2. The van der Waals surface area contributed by atoms with E-state index in [9.17, 15) is 0 Å². The Morgan fingerprint density at radius 2 is 1.14 bits per heavy atom. The summed E-state index contributed by atoms with van der Waals surface area (Å²) in [5, 5.41) is 35.8. The van der Waals surface area contributed by atoms with E-state index in [1.165, 1.54) is 12.4 Å². The first-order valence-corrected chi connectivity index (χ1v) is 10.1. The van der Waals surface area contributed by atoms with E-state index in [2.05, 4.69) is 61.7 Å². The van der Waals surface area contributed by atoms with Crippen molar-refractivity contribution in [2.24, 2.45) is 11.8 Å². The molecule has 3 rings (SSSR count). The minimum Gasteiger partial charge on any atom is -0.450 e. The van der Waals surface area contributed by atoms with Crippen molar-refractivity contribution in [3.63, 3.8) is 0 Å². The summed E-state index contributed by atoms with van der Waals surface area (Å²) >= 11 is 0. The lowest BCUT2D eigenvalue weighted by molar-refractivity contribution is 0.135. The normalized spacial score (nSPS) is 8.80. The predicted octanol–water partition coefficient (Wildman–Crippen LogP) is 6.12. The summed E-state index contributed by atoms with van der Waals surface area (Å²) in [5.41, 5.74) is 6.94. The fourth-order valence-electron chi connectivity index (χ4n) is 1.53. The van der Waals surface area contributed by atoms with Gasteiger partial charge in [0.05, 0.1) is 0 Å². The average Bonchev–Trinajstić information content (AvgIpc) is 3.17. The summed E-state index contributed by atoms with van der Waals surface area (Å²) in [6.07, 6.45) is -0.634. The molecule has 0 aliphatic heterocycles. The first-order valence-electron chi connectivity index (χ1n) is 10.1. The fraction of sp³-hybridized carbons (Fsp3) is 0.364. The highest BCUT2D eigenvalue weighted by Crippen LogP contribution is 2.24. The molecule has 2 aromatic heterocycles. The van der Waals surface area contributed by atoms with Crippen molar-refractivity contribution in [3.05, 3.63) is 42.7 Å². The van der Waals surface area contributed by atoms with Gasteiger partial charge in [-0.25, -0.2) is 19.6 Å². The Kier molecular flexibility index (Phi) is 21.3. The molecule has 2 heterocycles. The average molecular weight is 560 g/mol. The van der Waals surface area contributed by atoms with Crippen molar-refractivity contribution in [2.75, 3.05) is 5.73 Å².